The maximum Gasteiger partial charge on any atom is 0.295 e. The molecule has 2 saturated heterocycles. The van der Waals surface area contributed by atoms with Crippen molar-refractivity contribution in [1.82, 2.24) is 49.5 Å². The SMILES string of the molecule is Cc1ccc(-c2cnn(CCC3CCCN(C(=O)c4cc(C)ccc4-n4nccn4)C3CNc3nc4cc(Cl)ccc4o3)c2)c(C(=O)N2CCCC(C)C2CNc2ncc(Cl)cn2)c1. The van der Waals surface area contributed by atoms with Crippen molar-refractivity contribution in [1.29, 1.82) is 0 Å². The lowest BCUT2D eigenvalue weighted by Gasteiger charge is -2.42. The number of likely N-dealkylation sites (tertiary alicyclic amines) is 2. The zero-order valence-corrected chi connectivity index (χ0v) is 37.5. The van der Waals surface area contributed by atoms with E-state index >= 15 is 0 Å². The molecule has 17 heteroatoms. The largest absolute Gasteiger partial charge is 0.424 e. The Labute approximate surface area is 381 Å². The summed E-state index contributed by atoms with van der Waals surface area (Å²) in [4.78, 5) is 48.1. The maximum atomic E-state index is 14.7. The number of amides is 2. The second kappa shape index (κ2) is 18.8. The molecule has 2 amide bonds. The fourth-order valence-electron chi connectivity index (χ4n) is 9.24. The number of anilines is 2. The third kappa shape index (κ3) is 9.32. The molecule has 0 radical (unpaired) electrons. The van der Waals surface area contributed by atoms with Gasteiger partial charge in [0.15, 0.2) is 5.58 Å². The predicted molar refractivity (Wildman–Crippen MR) is 247 cm³/mol. The first kappa shape index (κ1) is 43.0. The number of benzene rings is 3. The Morgan fingerprint density at radius 1 is 0.781 bits per heavy atom. The molecular formula is C47H50Cl2N12O3. The number of nitrogens with zero attached hydrogens (tertiary/aromatic N) is 10. The zero-order chi connectivity index (χ0) is 44.3. The minimum absolute atomic E-state index is 0.00808. The first-order chi connectivity index (χ1) is 31.1. The van der Waals surface area contributed by atoms with Gasteiger partial charge in [0.25, 0.3) is 17.8 Å². The molecule has 4 unspecified atom stereocenters. The molecule has 2 aliphatic heterocycles. The second-order valence-electron chi connectivity index (χ2n) is 16.9. The van der Waals surface area contributed by atoms with E-state index in [4.69, 9.17) is 32.7 Å². The molecule has 3 aromatic carbocycles. The van der Waals surface area contributed by atoms with Crippen molar-refractivity contribution in [3.63, 3.8) is 0 Å². The van der Waals surface area contributed by atoms with E-state index < -0.39 is 0 Å². The standard InChI is InChI=1S/C47H50Cl2N12O3/c1-29-8-11-36(37(20-29)44(62)59-17-4-6-31(3)41(59)26-52-46-50-24-35(49)25-51-46)33-23-56-58(28-33)19-14-32-7-5-18-60(42(32)27-53-47-57-39-22-34(48)10-13-43(39)64-47)45(63)38-21-30(2)9-12-40(38)61-54-15-16-55-61/h8-13,15-16,20-25,28,31-32,41-42H,4-7,14,17-19,26-27H2,1-3H3,(H,53,57)(H,50,51,52). The summed E-state index contributed by atoms with van der Waals surface area (Å²) in [5, 5.41) is 21.3. The molecule has 0 bridgehead atoms. The van der Waals surface area contributed by atoms with Gasteiger partial charge in [-0.25, -0.2) is 9.97 Å². The lowest BCUT2D eigenvalue weighted by atomic mass is 9.85. The number of piperidine rings is 2. The van der Waals surface area contributed by atoms with Crippen molar-refractivity contribution in [2.75, 3.05) is 36.8 Å². The number of aryl methyl sites for hydroxylation is 3. The van der Waals surface area contributed by atoms with Crippen molar-refractivity contribution in [2.24, 2.45) is 11.8 Å². The number of carbonyl (C=O) groups is 2. The van der Waals surface area contributed by atoms with E-state index in [2.05, 4.69) is 42.7 Å². The van der Waals surface area contributed by atoms with Crippen LogP contribution in [0.15, 0.2) is 96.2 Å². The lowest BCUT2D eigenvalue weighted by Crippen LogP contribution is -2.52. The van der Waals surface area contributed by atoms with E-state index in [1.807, 2.05) is 77.1 Å². The number of carbonyl (C=O) groups excluding carboxylic acids is 2. The van der Waals surface area contributed by atoms with Crippen LogP contribution in [-0.4, -0.2) is 99.6 Å². The lowest BCUT2D eigenvalue weighted by molar-refractivity contribution is 0.0498. The van der Waals surface area contributed by atoms with Crippen molar-refractivity contribution in [2.45, 2.75) is 71.5 Å². The highest BCUT2D eigenvalue weighted by atomic mass is 35.5. The van der Waals surface area contributed by atoms with Gasteiger partial charge in [-0.15, -0.1) is 0 Å². The van der Waals surface area contributed by atoms with Crippen molar-refractivity contribution >= 4 is 58.1 Å². The van der Waals surface area contributed by atoms with Gasteiger partial charge in [0.05, 0.1) is 59.3 Å². The average Bonchev–Trinajstić information content (AvgIpc) is 4.09. The van der Waals surface area contributed by atoms with Gasteiger partial charge in [0, 0.05) is 55.1 Å². The molecule has 7 aromatic rings. The summed E-state index contributed by atoms with van der Waals surface area (Å²) >= 11 is 12.3. The minimum atomic E-state index is -0.212. The van der Waals surface area contributed by atoms with Gasteiger partial charge in [-0.05, 0) is 99.7 Å². The summed E-state index contributed by atoms with van der Waals surface area (Å²) in [5.41, 5.74) is 6.76. The van der Waals surface area contributed by atoms with E-state index in [0.717, 1.165) is 54.4 Å². The van der Waals surface area contributed by atoms with Crippen LogP contribution in [0.1, 0.15) is 70.9 Å². The number of halogens is 2. The fraction of sp³-hybridized carbons (Fsp3) is 0.362. The van der Waals surface area contributed by atoms with E-state index in [1.165, 1.54) is 4.80 Å². The highest BCUT2D eigenvalue weighted by Crippen LogP contribution is 2.33. The molecule has 0 saturated carbocycles. The van der Waals surface area contributed by atoms with Gasteiger partial charge in [-0.2, -0.15) is 25.1 Å². The zero-order valence-electron chi connectivity index (χ0n) is 36.0. The third-order valence-corrected chi connectivity index (χ3v) is 13.0. The number of hydrogen-bond acceptors (Lipinski definition) is 11. The number of fused-ring (bicyclic) bond motifs is 1. The Balaban J connectivity index is 0.949. The van der Waals surface area contributed by atoms with Crippen LogP contribution < -0.4 is 10.6 Å². The van der Waals surface area contributed by atoms with Gasteiger partial charge >= 0.3 is 0 Å². The molecule has 0 spiro atoms. The molecule has 2 N–H and O–H groups in total. The Morgan fingerprint density at radius 2 is 1.48 bits per heavy atom. The Kier molecular flexibility index (Phi) is 12.6. The Bertz CT molecular complexity index is 2760. The quantitative estimate of drug-likeness (QED) is 0.114. The molecule has 4 aromatic heterocycles. The van der Waals surface area contributed by atoms with Gasteiger partial charge in [0.1, 0.15) is 5.52 Å². The molecular weight excluding hydrogens is 852 g/mol. The summed E-state index contributed by atoms with van der Waals surface area (Å²) < 4.78 is 8.00. The normalized spacial score (nSPS) is 19.0. The molecule has 330 valence electrons. The highest BCUT2D eigenvalue weighted by molar-refractivity contribution is 6.31. The fourth-order valence-corrected chi connectivity index (χ4v) is 9.50. The molecule has 2 fully saturated rings. The highest BCUT2D eigenvalue weighted by Gasteiger charge is 2.37. The smallest absolute Gasteiger partial charge is 0.295 e. The minimum Gasteiger partial charge on any atom is -0.424 e. The summed E-state index contributed by atoms with van der Waals surface area (Å²) in [5.74, 6) is 0.764. The van der Waals surface area contributed by atoms with Gasteiger partial charge in [0.2, 0.25) is 5.95 Å². The predicted octanol–water partition coefficient (Wildman–Crippen LogP) is 8.76. The van der Waals surface area contributed by atoms with Crippen molar-refractivity contribution in [3.05, 3.63) is 124 Å². The van der Waals surface area contributed by atoms with Gasteiger partial charge < -0.3 is 24.9 Å². The van der Waals surface area contributed by atoms with Crippen LogP contribution in [-0.2, 0) is 6.54 Å². The summed E-state index contributed by atoms with van der Waals surface area (Å²) in [6.07, 6.45) is 14.7. The van der Waals surface area contributed by atoms with E-state index in [1.54, 1.807) is 43.0 Å². The summed E-state index contributed by atoms with van der Waals surface area (Å²) in [6, 6.07) is 17.3. The molecule has 15 nitrogen and oxygen atoms in total. The number of rotatable bonds is 13. The molecule has 9 rings (SSSR count). The number of hydrogen-bond donors (Lipinski definition) is 2. The first-order valence-corrected chi connectivity index (χ1v) is 22.6. The maximum absolute atomic E-state index is 14.7. The third-order valence-electron chi connectivity index (χ3n) is 12.6. The summed E-state index contributed by atoms with van der Waals surface area (Å²) in [6.45, 7) is 8.97. The number of nitrogens with one attached hydrogen (secondary N) is 2. The molecule has 64 heavy (non-hydrogen) atoms. The van der Waals surface area contributed by atoms with E-state index in [0.29, 0.717) is 82.6 Å². The van der Waals surface area contributed by atoms with Crippen LogP contribution in [0.3, 0.4) is 0 Å². The second-order valence-corrected chi connectivity index (χ2v) is 17.8. The average molecular weight is 902 g/mol. The van der Waals surface area contributed by atoms with E-state index in [9.17, 15) is 9.59 Å². The van der Waals surface area contributed by atoms with Crippen molar-refractivity contribution < 1.29 is 14.0 Å². The Hall–Kier alpha value is -6.32. The Morgan fingerprint density at radius 3 is 2.28 bits per heavy atom. The molecule has 6 heterocycles. The number of oxazole rings is 1. The van der Waals surface area contributed by atoms with Crippen LogP contribution in [0.4, 0.5) is 12.0 Å². The van der Waals surface area contributed by atoms with Crippen LogP contribution in [0, 0.1) is 25.7 Å². The van der Waals surface area contributed by atoms with Crippen LogP contribution in [0.25, 0.3) is 27.9 Å². The van der Waals surface area contributed by atoms with Gasteiger partial charge in [-0.1, -0.05) is 59.5 Å². The summed E-state index contributed by atoms with van der Waals surface area (Å²) in [7, 11) is 0. The van der Waals surface area contributed by atoms with Gasteiger partial charge in [-0.3, -0.25) is 14.3 Å². The van der Waals surface area contributed by atoms with Crippen LogP contribution >= 0.6 is 23.2 Å². The topological polar surface area (TPSA) is 165 Å². The van der Waals surface area contributed by atoms with Crippen LogP contribution in [0.5, 0.6) is 0 Å². The van der Waals surface area contributed by atoms with Crippen molar-refractivity contribution in [3.8, 4) is 16.8 Å². The first-order valence-electron chi connectivity index (χ1n) is 21.8. The molecule has 0 aliphatic carbocycles. The van der Waals surface area contributed by atoms with E-state index in [-0.39, 0.29) is 35.7 Å². The molecule has 2 aliphatic rings. The van der Waals surface area contributed by atoms with Crippen LogP contribution in [0.2, 0.25) is 10.0 Å². The number of aromatic nitrogens is 8. The monoisotopic (exact) mass is 900 g/mol. The molecule has 4 atom stereocenters.